The average Bonchev–Trinajstić information content (AvgIpc) is 3.64. The van der Waals surface area contributed by atoms with E-state index in [0.29, 0.717) is 56.3 Å². The summed E-state index contributed by atoms with van der Waals surface area (Å²) in [6, 6.07) is 50.9. The largest absolute Gasteiger partial charge is 0.416 e. The molecule has 3 heterocycles. The maximum atomic E-state index is 14.4. The maximum absolute atomic E-state index is 14.4. The minimum absolute atomic E-state index is 0.0301. The number of rotatable bonds is 7. The molecule has 0 atom stereocenters. The first kappa shape index (κ1) is 39.2. The van der Waals surface area contributed by atoms with Gasteiger partial charge in [0, 0.05) is 44.2 Å². The lowest BCUT2D eigenvalue weighted by atomic mass is 10.0. The van der Waals surface area contributed by atoms with Crippen molar-refractivity contribution in [2.45, 2.75) is 12.4 Å². The molecule has 3 aromatic heterocycles. The number of alkyl halides is 6. The van der Waals surface area contributed by atoms with Gasteiger partial charge in [-0.1, -0.05) is 133 Å². The molecule has 12 heteroatoms. The Balaban J connectivity index is 1.31. The quantitative estimate of drug-likeness (QED) is 0.150. The Labute approximate surface area is 355 Å². The molecule has 306 valence electrons. The van der Waals surface area contributed by atoms with Crippen LogP contribution in [-0.2, 0) is 12.4 Å². The van der Waals surface area contributed by atoms with Crippen molar-refractivity contribution in [3.63, 3.8) is 0 Å². The summed E-state index contributed by atoms with van der Waals surface area (Å²) < 4.78 is 88.0. The molecule has 10 rings (SSSR count). The Morgan fingerprint density at radius 1 is 0.333 bits per heavy atom. The Morgan fingerprint density at radius 2 is 0.730 bits per heavy atom. The molecule has 0 N–H and O–H groups in total. The predicted octanol–water partition coefficient (Wildman–Crippen LogP) is 13.8. The molecule has 7 aromatic carbocycles. The van der Waals surface area contributed by atoms with Gasteiger partial charge in [0.25, 0.3) is 0 Å². The van der Waals surface area contributed by atoms with Crippen LogP contribution in [0.1, 0.15) is 11.1 Å². The number of nitrogens with zero attached hydrogens (tertiary/aromatic N) is 6. The minimum atomic E-state index is -4.75. The molecular weight excluding hydrogens is 811 g/mol. The van der Waals surface area contributed by atoms with Gasteiger partial charge >= 0.3 is 12.4 Å². The first-order chi connectivity index (χ1) is 30.5. The summed E-state index contributed by atoms with van der Waals surface area (Å²) in [4.78, 5) is 24.8. The minimum Gasteiger partial charge on any atom is -0.308 e. The van der Waals surface area contributed by atoms with Crippen LogP contribution in [0.5, 0.6) is 0 Å². The molecule has 0 aliphatic carbocycles. The van der Waals surface area contributed by atoms with Gasteiger partial charge < -0.3 is 4.57 Å². The summed E-state index contributed by atoms with van der Waals surface area (Å²) in [7, 11) is 0. The van der Waals surface area contributed by atoms with Crippen LogP contribution in [0.3, 0.4) is 0 Å². The summed E-state index contributed by atoms with van der Waals surface area (Å²) in [5, 5.41) is 0.637. The summed E-state index contributed by atoms with van der Waals surface area (Å²) in [5.74, 6) is 1.01. The van der Waals surface area contributed by atoms with Crippen LogP contribution in [0.4, 0.5) is 26.3 Å². The van der Waals surface area contributed by atoms with Gasteiger partial charge in [0.1, 0.15) is 0 Å². The predicted molar refractivity (Wildman–Crippen MR) is 232 cm³/mol. The number of halogens is 6. The van der Waals surface area contributed by atoms with Crippen molar-refractivity contribution in [2.24, 2.45) is 0 Å². The topological polar surface area (TPSA) is 69.4 Å². The molecule has 0 fully saturated rings. The van der Waals surface area contributed by atoms with Crippen molar-refractivity contribution >= 4 is 21.8 Å². The van der Waals surface area contributed by atoms with Crippen molar-refractivity contribution in [1.82, 2.24) is 29.5 Å². The third-order valence-corrected chi connectivity index (χ3v) is 10.7. The fraction of sp³-hybridized carbons (Fsp3) is 0.0392. The van der Waals surface area contributed by atoms with Crippen LogP contribution >= 0.6 is 0 Å². The number of hydrogen-bond donors (Lipinski definition) is 0. The SMILES string of the molecule is FC(F)(F)c1ccc2c3ccc(C(F)(F)F)cc3n(-c3ccc(-c4nc(-c5ccccc5)cc(-c5ccccc5)n4)cc3-c3nc(-c4ccccc4)nc(-c4ccccc4)n3)c2c1. The van der Waals surface area contributed by atoms with Crippen LogP contribution in [-0.4, -0.2) is 29.5 Å². The molecule has 0 unspecified atom stereocenters. The van der Waals surface area contributed by atoms with Gasteiger partial charge in [-0.15, -0.1) is 0 Å². The molecule has 0 amide bonds. The smallest absolute Gasteiger partial charge is 0.308 e. The number of fused-ring (bicyclic) bond motifs is 3. The van der Waals surface area contributed by atoms with Gasteiger partial charge in [-0.05, 0) is 48.5 Å². The van der Waals surface area contributed by atoms with E-state index in [-0.39, 0.29) is 28.1 Å². The fourth-order valence-electron chi connectivity index (χ4n) is 7.70. The summed E-state index contributed by atoms with van der Waals surface area (Å²) in [6.07, 6.45) is -9.50. The van der Waals surface area contributed by atoms with Crippen molar-refractivity contribution in [3.8, 4) is 73.8 Å². The molecule has 0 saturated carbocycles. The van der Waals surface area contributed by atoms with Gasteiger partial charge in [-0.25, -0.2) is 24.9 Å². The van der Waals surface area contributed by atoms with Gasteiger partial charge in [-0.3, -0.25) is 0 Å². The Kier molecular flexibility index (Phi) is 9.62. The third kappa shape index (κ3) is 7.56. The molecule has 63 heavy (non-hydrogen) atoms. The van der Waals surface area contributed by atoms with Gasteiger partial charge in [0.05, 0.1) is 39.2 Å². The van der Waals surface area contributed by atoms with E-state index in [9.17, 15) is 26.3 Å². The van der Waals surface area contributed by atoms with E-state index in [1.54, 1.807) is 18.2 Å². The van der Waals surface area contributed by atoms with Crippen LogP contribution < -0.4 is 0 Å². The highest BCUT2D eigenvalue weighted by Gasteiger charge is 2.34. The highest BCUT2D eigenvalue weighted by Crippen LogP contribution is 2.42. The molecular formula is C51H30F6N6. The first-order valence-corrected chi connectivity index (χ1v) is 19.7. The lowest BCUT2D eigenvalue weighted by molar-refractivity contribution is -0.138. The standard InChI is InChI=1S/C51H30F6N6/c52-50(53,54)36-22-24-38-39-25-23-37(51(55,56)57)29-45(39)63(44(38)28-36)43-26-21-35(48-58-41(31-13-5-1-6-14-31)30-42(59-48)32-15-7-2-8-16-32)27-40(43)49-61-46(33-17-9-3-10-18-33)60-47(62-49)34-19-11-4-12-20-34/h1-30H. The van der Waals surface area contributed by atoms with Gasteiger partial charge in [0.2, 0.25) is 0 Å². The van der Waals surface area contributed by atoms with Crippen molar-refractivity contribution < 1.29 is 26.3 Å². The second-order valence-corrected chi connectivity index (χ2v) is 14.8. The highest BCUT2D eigenvalue weighted by atomic mass is 19.4. The van der Waals surface area contributed by atoms with Crippen molar-refractivity contribution in [3.05, 3.63) is 193 Å². The monoisotopic (exact) mass is 840 g/mol. The molecule has 0 bridgehead atoms. The summed E-state index contributed by atoms with van der Waals surface area (Å²) in [6.45, 7) is 0. The molecule has 0 spiro atoms. The first-order valence-electron chi connectivity index (χ1n) is 19.7. The summed E-state index contributed by atoms with van der Waals surface area (Å²) in [5.41, 5.74) is 3.33. The second kappa shape index (κ2) is 15.5. The van der Waals surface area contributed by atoms with E-state index in [0.717, 1.165) is 35.4 Å². The van der Waals surface area contributed by atoms with E-state index in [4.69, 9.17) is 24.9 Å². The van der Waals surface area contributed by atoms with Crippen molar-refractivity contribution in [2.75, 3.05) is 0 Å². The Hall–Kier alpha value is -7.99. The molecule has 0 aliphatic heterocycles. The normalized spacial score (nSPS) is 12.0. The Morgan fingerprint density at radius 3 is 1.16 bits per heavy atom. The molecule has 6 nitrogen and oxygen atoms in total. The zero-order chi connectivity index (χ0) is 43.3. The van der Waals surface area contributed by atoms with Crippen molar-refractivity contribution in [1.29, 1.82) is 0 Å². The second-order valence-electron chi connectivity index (χ2n) is 14.8. The van der Waals surface area contributed by atoms with E-state index < -0.39 is 23.5 Å². The molecule has 0 aliphatic rings. The summed E-state index contributed by atoms with van der Waals surface area (Å²) >= 11 is 0. The van der Waals surface area contributed by atoms with Crippen LogP contribution in [0.2, 0.25) is 0 Å². The van der Waals surface area contributed by atoms with Gasteiger partial charge in [-0.2, -0.15) is 26.3 Å². The zero-order valence-electron chi connectivity index (χ0n) is 32.8. The lowest BCUT2D eigenvalue weighted by Crippen LogP contribution is -2.07. The average molecular weight is 841 g/mol. The molecule has 10 aromatic rings. The van der Waals surface area contributed by atoms with E-state index >= 15 is 0 Å². The third-order valence-electron chi connectivity index (χ3n) is 10.7. The Bertz CT molecular complexity index is 3110. The lowest BCUT2D eigenvalue weighted by Gasteiger charge is -2.17. The maximum Gasteiger partial charge on any atom is 0.416 e. The van der Waals surface area contributed by atoms with E-state index in [2.05, 4.69) is 0 Å². The van der Waals surface area contributed by atoms with Crippen LogP contribution in [0.25, 0.3) is 95.6 Å². The van der Waals surface area contributed by atoms with Crippen LogP contribution in [0.15, 0.2) is 182 Å². The number of benzene rings is 7. The van der Waals surface area contributed by atoms with E-state index in [1.165, 1.54) is 16.7 Å². The van der Waals surface area contributed by atoms with E-state index in [1.807, 2.05) is 127 Å². The van der Waals surface area contributed by atoms with Gasteiger partial charge in [0.15, 0.2) is 23.3 Å². The molecule has 0 radical (unpaired) electrons. The molecule has 0 saturated heterocycles. The number of aromatic nitrogens is 6. The fourth-order valence-corrected chi connectivity index (χ4v) is 7.70. The van der Waals surface area contributed by atoms with Crippen LogP contribution in [0, 0.1) is 0 Å². The number of hydrogen-bond acceptors (Lipinski definition) is 5. The zero-order valence-corrected chi connectivity index (χ0v) is 32.8. The highest BCUT2D eigenvalue weighted by molar-refractivity contribution is 6.10.